The van der Waals surface area contributed by atoms with Crippen LogP contribution in [0, 0.1) is 11.6 Å². The summed E-state index contributed by atoms with van der Waals surface area (Å²) in [7, 11) is 0. The van der Waals surface area contributed by atoms with Gasteiger partial charge in [0.1, 0.15) is 17.7 Å². The molecular formula is C13H13BrF2N2O. The van der Waals surface area contributed by atoms with Crippen molar-refractivity contribution in [3.8, 4) is 0 Å². The van der Waals surface area contributed by atoms with Gasteiger partial charge in [-0.3, -0.25) is 4.68 Å². The van der Waals surface area contributed by atoms with Gasteiger partial charge in [0, 0.05) is 11.6 Å². The minimum absolute atomic E-state index is 0.00688. The molecule has 0 saturated heterocycles. The topological polar surface area (TPSA) is 38.0 Å². The molecule has 0 aliphatic heterocycles. The third-order valence-electron chi connectivity index (χ3n) is 2.79. The highest BCUT2D eigenvalue weighted by Crippen LogP contribution is 2.31. The van der Waals surface area contributed by atoms with Crippen LogP contribution in [0.4, 0.5) is 8.78 Å². The van der Waals surface area contributed by atoms with E-state index in [4.69, 9.17) is 0 Å². The van der Waals surface area contributed by atoms with E-state index in [1.165, 1.54) is 6.20 Å². The number of aliphatic hydroxyl groups excluding tert-OH is 1. The Morgan fingerprint density at radius 1 is 1.32 bits per heavy atom. The zero-order valence-electron chi connectivity index (χ0n) is 10.4. The van der Waals surface area contributed by atoms with E-state index < -0.39 is 17.7 Å². The number of nitrogens with zero attached hydrogens (tertiary/aromatic N) is 2. The van der Waals surface area contributed by atoms with Crippen LogP contribution >= 0.6 is 15.9 Å². The Hall–Kier alpha value is -1.27. The van der Waals surface area contributed by atoms with Gasteiger partial charge in [0.2, 0.25) is 0 Å². The molecule has 1 unspecified atom stereocenters. The fourth-order valence-electron chi connectivity index (χ4n) is 1.89. The number of aromatic nitrogens is 2. The second-order valence-electron chi connectivity index (χ2n) is 4.48. The van der Waals surface area contributed by atoms with Crippen molar-refractivity contribution in [2.45, 2.75) is 26.0 Å². The highest BCUT2D eigenvalue weighted by molar-refractivity contribution is 9.10. The summed E-state index contributed by atoms with van der Waals surface area (Å²) in [6, 6.07) is 3.00. The van der Waals surface area contributed by atoms with Crippen molar-refractivity contribution in [3.63, 3.8) is 0 Å². The predicted octanol–water partition coefficient (Wildman–Crippen LogP) is 3.59. The molecule has 6 heteroatoms. The largest absolute Gasteiger partial charge is 0.382 e. The predicted molar refractivity (Wildman–Crippen MR) is 70.7 cm³/mol. The monoisotopic (exact) mass is 330 g/mol. The first-order chi connectivity index (χ1) is 8.91. The van der Waals surface area contributed by atoms with Crippen LogP contribution in [0.25, 0.3) is 0 Å². The van der Waals surface area contributed by atoms with Gasteiger partial charge in [-0.1, -0.05) is 0 Å². The Kier molecular flexibility index (Phi) is 4.01. The Balaban J connectivity index is 2.52. The molecule has 1 atom stereocenters. The maximum absolute atomic E-state index is 13.7. The van der Waals surface area contributed by atoms with Crippen molar-refractivity contribution in [1.82, 2.24) is 9.78 Å². The van der Waals surface area contributed by atoms with E-state index in [0.29, 0.717) is 10.2 Å². The zero-order valence-corrected chi connectivity index (χ0v) is 12.0. The molecule has 2 rings (SSSR count). The summed E-state index contributed by atoms with van der Waals surface area (Å²) in [6.45, 7) is 3.77. The van der Waals surface area contributed by atoms with Crippen LogP contribution < -0.4 is 0 Å². The highest BCUT2D eigenvalue weighted by atomic mass is 79.9. The molecule has 102 valence electrons. The van der Waals surface area contributed by atoms with Gasteiger partial charge >= 0.3 is 0 Å². The fraction of sp³-hybridized carbons (Fsp3) is 0.308. The molecule has 1 heterocycles. The van der Waals surface area contributed by atoms with Gasteiger partial charge in [-0.25, -0.2) is 8.78 Å². The summed E-state index contributed by atoms with van der Waals surface area (Å²) in [6.07, 6.45) is 0.241. The van der Waals surface area contributed by atoms with Gasteiger partial charge in [-0.15, -0.1) is 0 Å². The SMILES string of the molecule is CC(C)n1ncc(Br)c1C(O)c1cc(F)ccc1F. The van der Waals surface area contributed by atoms with Gasteiger partial charge in [-0.2, -0.15) is 5.10 Å². The van der Waals surface area contributed by atoms with E-state index in [2.05, 4.69) is 21.0 Å². The lowest BCUT2D eigenvalue weighted by Crippen LogP contribution is -2.13. The summed E-state index contributed by atoms with van der Waals surface area (Å²) in [5.41, 5.74) is 0.294. The third kappa shape index (κ3) is 2.69. The van der Waals surface area contributed by atoms with Gasteiger partial charge in [0.15, 0.2) is 0 Å². The second kappa shape index (κ2) is 5.38. The van der Waals surface area contributed by atoms with Crippen molar-refractivity contribution in [2.75, 3.05) is 0 Å². The van der Waals surface area contributed by atoms with E-state index in [9.17, 15) is 13.9 Å². The van der Waals surface area contributed by atoms with Crippen molar-refractivity contribution in [2.24, 2.45) is 0 Å². The molecule has 1 aromatic carbocycles. The number of halogens is 3. The van der Waals surface area contributed by atoms with Crippen molar-refractivity contribution < 1.29 is 13.9 Å². The number of rotatable bonds is 3. The fourth-order valence-corrected chi connectivity index (χ4v) is 2.38. The first kappa shape index (κ1) is 14.1. The first-order valence-corrected chi connectivity index (χ1v) is 6.57. The molecular weight excluding hydrogens is 318 g/mol. The molecule has 1 aromatic heterocycles. The van der Waals surface area contributed by atoms with Crippen LogP contribution in [0.2, 0.25) is 0 Å². The maximum Gasteiger partial charge on any atom is 0.129 e. The smallest absolute Gasteiger partial charge is 0.129 e. The van der Waals surface area contributed by atoms with E-state index in [1.54, 1.807) is 4.68 Å². The van der Waals surface area contributed by atoms with E-state index in [0.717, 1.165) is 18.2 Å². The molecule has 0 saturated carbocycles. The van der Waals surface area contributed by atoms with Gasteiger partial charge < -0.3 is 5.11 Å². The second-order valence-corrected chi connectivity index (χ2v) is 5.34. The van der Waals surface area contributed by atoms with E-state index in [-0.39, 0.29) is 11.6 Å². The summed E-state index contributed by atoms with van der Waals surface area (Å²) >= 11 is 3.27. The number of hydrogen-bond donors (Lipinski definition) is 1. The Morgan fingerprint density at radius 2 is 2.00 bits per heavy atom. The van der Waals surface area contributed by atoms with E-state index in [1.807, 2.05) is 13.8 Å². The van der Waals surface area contributed by atoms with Crippen LogP contribution in [0.3, 0.4) is 0 Å². The van der Waals surface area contributed by atoms with Crippen LogP contribution in [0.5, 0.6) is 0 Å². The summed E-state index contributed by atoms with van der Waals surface area (Å²) < 4.78 is 29.0. The lowest BCUT2D eigenvalue weighted by molar-refractivity contribution is 0.198. The molecule has 0 amide bonds. The molecule has 0 fully saturated rings. The average Bonchev–Trinajstić information content (AvgIpc) is 2.73. The molecule has 3 nitrogen and oxygen atoms in total. The third-order valence-corrected chi connectivity index (χ3v) is 3.40. The lowest BCUT2D eigenvalue weighted by Gasteiger charge is -2.17. The molecule has 2 aromatic rings. The first-order valence-electron chi connectivity index (χ1n) is 5.77. The Labute approximate surface area is 118 Å². The van der Waals surface area contributed by atoms with Crippen molar-refractivity contribution >= 4 is 15.9 Å². The summed E-state index contributed by atoms with van der Waals surface area (Å²) in [5.74, 6) is -1.25. The van der Waals surface area contributed by atoms with E-state index >= 15 is 0 Å². The molecule has 0 bridgehead atoms. The summed E-state index contributed by atoms with van der Waals surface area (Å²) in [4.78, 5) is 0. The van der Waals surface area contributed by atoms with Crippen LogP contribution in [0.1, 0.15) is 37.3 Å². The normalized spacial score (nSPS) is 13.0. The van der Waals surface area contributed by atoms with Crippen molar-refractivity contribution in [3.05, 3.63) is 51.8 Å². The zero-order chi connectivity index (χ0) is 14.2. The summed E-state index contributed by atoms with van der Waals surface area (Å²) in [5, 5.41) is 14.4. The number of aliphatic hydroxyl groups is 1. The quantitative estimate of drug-likeness (QED) is 0.933. The molecule has 0 spiro atoms. The Bertz CT molecular complexity index is 598. The number of hydrogen-bond acceptors (Lipinski definition) is 2. The van der Waals surface area contributed by atoms with Crippen LogP contribution in [-0.2, 0) is 0 Å². The number of benzene rings is 1. The molecule has 19 heavy (non-hydrogen) atoms. The minimum atomic E-state index is -1.28. The molecule has 0 aliphatic carbocycles. The highest BCUT2D eigenvalue weighted by Gasteiger charge is 2.23. The standard InChI is InChI=1S/C13H13BrF2N2O/c1-7(2)18-12(10(14)6-17-18)13(19)9-5-8(15)3-4-11(9)16/h3-7,13,19H,1-2H3. The van der Waals surface area contributed by atoms with Crippen molar-refractivity contribution in [1.29, 1.82) is 0 Å². The maximum atomic E-state index is 13.7. The van der Waals surface area contributed by atoms with Crippen LogP contribution in [0.15, 0.2) is 28.9 Å². The molecule has 0 radical (unpaired) electrons. The van der Waals surface area contributed by atoms with Gasteiger partial charge in [0.25, 0.3) is 0 Å². The van der Waals surface area contributed by atoms with Gasteiger partial charge in [0.05, 0.1) is 16.4 Å². The Morgan fingerprint density at radius 3 is 2.63 bits per heavy atom. The average molecular weight is 331 g/mol. The lowest BCUT2D eigenvalue weighted by atomic mass is 10.1. The molecule has 1 N–H and O–H groups in total. The minimum Gasteiger partial charge on any atom is -0.382 e. The van der Waals surface area contributed by atoms with Gasteiger partial charge in [-0.05, 0) is 48.0 Å². The van der Waals surface area contributed by atoms with Crippen LogP contribution in [-0.4, -0.2) is 14.9 Å². The molecule has 0 aliphatic rings.